The first-order valence-electron chi connectivity index (χ1n) is 9.84. The predicted molar refractivity (Wildman–Crippen MR) is 97.2 cm³/mol. The van der Waals surface area contributed by atoms with Crippen LogP contribution < -0.4 is 5.32 Å². The highest BCUT2D eigenvalue weighted by atomic mass is 16.5. The summed E-state index contributed by atoms with van der Waals surface area (Å²) in [7, 11) is 0. The number of hydrogen-bond acceptors (Lipinski definition) is 6. The Morgan fingerprint density at radius 2 is 1.75 bits per heavy atom. The van der Waals surface area contributed by atoms with Gasteiger partial charge in [-0.05, 0) is 25.7 Å². The van der Waals surface area contributed by atoms with Crippen LogP contribution in [0.25, 0.3) is 0 Å². The van der Waals surface area contributed by atoms with Crippen LogP contribution in [0.1, 0.15) is 51.4 Å². The van der Waals surface area contributed by atoms with E-state index in [4.69, 9.17) is 4.74 Å². The van der Waals surface area contributed by atoms with Crippen molar-refractivity contribution in [1.82, 2.24) is 10.2 Å². The molecule has 0 radical (unpaired) electrons. The molecule has 0 aromatic heterocycles. The summed E-state index contributed by atoms with van der Waals surface area (Å²) in [6.45, 7) is -0.507. The van der Waals surface area contributed by atoms with Gasteiger partial charge < -0.3 is 10.1 Å². The number of imide groups is 1. The maximum absolute atomic E-state index is 12.3. The standard InChI is InChI=1S/C20H25N3O5/c21-13-20(9-4-1-5-10-20)22-16(24)12-28-17(25)8-11-23-18(26)14-6-2-3-7-15(14)19(23)27/h2-3,14-15H,1,4-12H2,(H,22,24)/t14-,15+. The lowest BCUT2D eigenvalue weighted by atomic mass is 9.83. The predicted octanol–water partition coefficient (Wildman–Crippen LogP) is 1.21. The largest absolute Gasteiger partial charge is 0.456 e. The Morgan fingerprint density at radius 1 is 1.14 bits per heavy atom. The van der Waals surface area contributed by atoms with Crippen LogP contribution in [0.15, 0.2) is 12.2 Å². The smallest absolute Gasteiger partial charge is 0.308 e. The molecule has 8 heteroatoms. The van der Waals surface area contributed by atoms with Gasteiger partial charge in [-0.15, -0.1) is 0 Å². The average molecular weight is 387 g/mol. The van der Waals surface area contributed by atoms with Crippen LogP contribution in [-0.2, 0) is 23.9 Å². The van der Waals surface area contributed by atoms with Gasteiger partial charge in [-0.25, -0.2) is 0 Å². The van der Waals surface area contributed by atoms with E-state index in [0.717, 1.165) is 24.2 Å². The SMILES string of the molecule is N#CC1(NC(=O)COC(=O)CCN2C(=O)[C@H]3CC=CC[C@H]3C2=O)CCCCC1. The minimum absolute atomic E-state index is 0.0345. The number of carbonyl (C=O) groups is 4. The van der Waals surface area contributed by atoms with E-state index in [2.05, 4.69) is 11.4 Å². The van der Waals surface area contributed by atoms with Crippen LogP contribution >= 0.6 is 0 Å². The van der Waals surface area contributed by atoms with Crippen molar-refractivity contribution in [2.24, 2.45) is 11.8 Å². The molecule has 1 saturated carbocycles. The molecule has 2 aliphatic carbocycles. The Bertz CT molecular complexity index is 707. The number of nitrogens with one attached hydrogen (secondary N) is 1. The van der Waals surface area contributed by atoms with Gasteiger partial charge in [-0.3, -0.25) is 24.1 Å². The average Bonchev–Trinajstić information content (AvgIpc) is 2.96. The second kappa shape index (κ2) is 8.55. The zero-order valence-corrected chi connectivity index (χ0v) is 15.8. The van der Waals surface area contributed by atoms with E-state index in [1.807, 2.05) is 12.2 Å². The van der Waals surface area contributed by atoms with Crippen molar-refractivity contribution in [2.75, 3.05) is 13.2 Å². The summed E-state index contributed by atoms with van der Waals surface area (Å²) in [5, 5.41) is 12.0. The van der Waals surface area contributed by atoms with Gasteiger partial charge in [0.2, 0.25) is 11.8 Å². The lowest BCUT2D eigenvalue weighted by molar-refractivity contribution is -0.150. The molecule has 1 N–H and O–H groups in total. The molecule has 1 aliphatic heterocycles. The second-order valence-electron chi connectivity index (χ2n) is 7.70. The highest BCUT2D eigenvalue weighted by molar-refractivity contribution is 6.05. The molecule has 2 fully saturated rings. The number of allylic oxidation sites excluding steroid dienone is 2. The van der Waals surface area contributed by atoms with Gasteiger partial charge in [0.25, 0.3) is 5.91 Å². The quantitative estimate of drug-likeness (QED) is 0.416. The summed E-state index contributed by atoms with van der Waals surface area (Å²) >= 11 is 0. The number of rotatable bonds is 6. The highest BCUT2D eigenvalue weighted by Gasteiger charge is 2.47. The first kappa shape index (κ1) is 20.1. The number of ether oxygens (including phenoxy) is 1. The lowest BCUT2D eigenvalue weighted by Gasteiger charge is -2.31. The fraction of sp³-hybridized carbons (Fsp3) is 0.650. The number of carbonyl (C=O) groups excluding carboxylic acids is 4. The van der Waals surface area contributed by atoms with Crippen molar-refractivity contribution < 1.29 is 23.9 Å². The summed E-state index contributed by atoms with van der Waals surface area (Å²) in [4.78, 5) is 49.8. The van der Waals surface area contributed by atoms with Gasteiger partial charge in [0.1, 0.15) is 5.54 Å². The summed E-state index contributed by atoms with van der Waals surface area (Å²) in [5.74, 6) is -2.29. The third kappa shape index (κ3) is 4.24. The van der Waals surface area contributed by atoms with E-state index in [1.54, 1.807) is 0 Å². The van der Waals surface area contributed by atoms with Crippen molar-refractivity contribution in [2.45, 2.75) is 56.9 Å². The number of fused-ring (bicyclic) bond motifs is 1. The van der Waals surface area contributed by atoms with Crippen molar-refractivity contribution in [1.29, 1.82) is 5.26 Å². The molecule has 150 valence electrons. The molecule has 0 bridgehead atoms. The third-order valence-electron chi connectivity index (χ3n) is 5.80. The lowest BCUT2D eigenvalue weighted by Crippen LogP contribution is -2.50. The van der Waals surface area contributed by atoms with Crippen molar-refractivity contribution in [3.8, 4) is 6.07 Å². The van der Waals surface area contributed by atoms with Crippen LogP contribution in [0.4, 0.5) is 0 Å². The van der Waals surface area contributed by atoms with Crippen molar-refractivity contribution in [3.05, 3.63) is 12.2 Å². The molecule has 3 aliphatic rings. The number of likely N-dealkylation sites (tertiary alicyclic amines) is 1. The van der Waals surface area contributed by atoms with Crippen LogP contribution in [0.3, 0.4) is 0 Å². The minimum atomic E-state index is -0.875. The normalized spacial score (nSPS) is 25.8. The Balaban J connectivity index is 1.42. The van der Waals surface area contributed by atoms with Gasteiger partial charge in [0, 0.05) is 6.54 Å². The van der Waals surface area contributed by atoms with Gasteiger partial charge in [0.05, 0.1) is 24.3 Å². The second-order valence-corrected chi connectivity index (χ2v) is 7.70. The van der Waals surface area contributed by atoms with E-state index in [1.165, 1.54) is 0 Å². The molecule has 0 aromatic rings. The molecular weight excluding hydrogens is 362 g/mol. The third-order valence-corrected chi connectivity index (χ3v) is 5.80. The molecule has 3 amide bonds. The maximum Gasteiger partial charge on any atom is 0.308 e. The molecule has 0 aromatic carbocycles. The molecule has 1 heterocycles. The number of esters is 1. The molecule has 3 rings (SSSR count). The fourth-order valence-corrected chi connectivity index (χ4v) is 4.23. The van der Waals surface area contributed by atoms with Crippen LogP contribution in [0.2, 0.25) is 0 Å². The van der Waals surface area contributed by atoms with E-state index < -0.39 is 24.0 Å². The van der Waals surface area contributed by atoms with Crippen LogP contribution in [-0.4, -0.2) is 47.3 Å². The first-order chi connectivity index (χ1) is 13.5. The zero-order valence-electron chi connectivity index (χ0n) is 15.8. The van der Waals surface area contributed by atoms with E-state index >= 15 is 0 Å². The van der Waals surface area contributed by atoms with E-state index in [9.17, 15) is 24.4 Å². The minimum Gasteiger partial charge on any atom is -0.456 e. The number of nitriles is 1. The molecule has 1 saturated heterocycles. The molecule has 0 spiro atoms. The van der Waals surface area contributed by atoms with Crippen LogP contribution in [0, 0.1) is 23.2 Å². The van der Waals surface area contributed by atoms with Gasteiger partial charge in [-0.1, -0.05) is 31.4 Å². The summed E-state index contributed by atoms with van der Waals surface area (Å²) in [5.41, 5.74) is -0.875. The molecular formula is C20H25N3O5. The van der Waals surface area contributed by atoms with Crippen molar-refractivity contribution >= 4 is 23.7 Å². The molecule has 2 atom stereocenters. The molecule has 28 heavy (non-hydrogen) atoms. The van der Waals surface area contributed by atoms with Crippen LogP contribution in [0.5, 0.6) is 0 Å². The monoisotopic (exact) mass is 387 g/mol. The number of amides is 3. The van der Waals surface area contributed by atoms with E-state index in [0.29, 0.717) is 25.7 Å². The Hall–Kier alpha value is -2.69. The number of hydrogen-bond donors (Lipinski definition) is 1. The molecule has 0 unspecified atom stereocenters. The Morgan fingerprint density at radius 3 is 2.32 bits per heavy atom. The Kier molecular flexibility index (Phi) is 6.12. The topological polar surface area (TPSA) is 117 Å². The molecule has 8 nitrogen and oxygen atoms in total. The summed E-state index contributed by atoms with van der Waals surface area (Å²) < 4.78 is 4.96. The van der Waals surface area contributed by atoms with Gasteiger partial charge in [0.15, 0.2) is 6.61 Å². The maximum atomic E-state index is 12.3. The first-order valence-corrected chi connectivity index (χ1v) is 9.84. The highest BCUT2D eigenvalue weighted by Crippen LogP contribution is 2.35. The Labute approximate surface area is 163 Å². The zero-order chi connectivity index (χ0) is 20.1. The fourth-order valence-electron chi connectivity index (χ4n) is 4.23. The van der Waals surface area contributed by atoms with E-state index in [-0.39, 0.29) is 36.6 Å². The summed E-state index contributed by atoms with van der Waals surface area (Å²) in [6, 6.07) is 2.17. The van der Waals surface area contributed by atoms with Crippen molar-refractivity contribution in [3.63, 3.8) is 0 Å². The summed E-state index contributed by atoms with van der Waals surface area (Å²) in [6.07, 6.45) is 8.76. The number of nitrogens with zero attached hydrogens (tertiary/aromatic N) is 2. The van der Waals surface area contributed by atoms with Gasteiger partial charge in [-0.2, -0.15) is 5.26 Å². The van der Waals surface area contributed by atoms with Gasteiger partial charge >= 0.3 is 5.97 Å².